The van der Waals surface area contributed by atoms with Crippen molar-refractivity contribution in [1.82, 2.24) is 10.2 Å². The standard InChI is InChI=1S/C14H20N2O/c1-11(2)13-10-16(9-8-15-13)14(17)12-6-4-3-5-7-12/h3-7,11,13,15H,8-10H2,1-2H3. The Morgan fingerprint density at radius 1 is 1.35 bits per heavy atom. The minimum absolute atomic E-state index is 0.151. The Hall–Kier alpha value is -1.35. The molecule has 1 aliphatic rings. The fourth-order valence-electron chi connectivity index (χ4n) is 2.17. The molecule has 1 saturated heterocycles. The van der Waals surface area contributed by atoms with Crippen LogP contribution in [0.15, 0.2) is 30.3 Å². The van der Waals surface area contributed by atoms with Crippen LogP contribution in [-0.4, -0.2) is 36.5 Å². The second-order valence-electron chi connectivity index (χ2n) is 4.92. The number of carbonyl (C=O) groups excluding carboxylic acids is 1. The molecular weight excluding hydrogens is 212 g/mol. The third kappa shape index (κ3) is 2.86. The van der Waals surface area contributed by atoms with Crippen LogP contribution in [0, 0.1) is 5.92 Å². The highest BCUT2D eigenvalue weighted by Gasteiger charge is 2.25. The van der Waals surface area contributed by atoms with Crippen molar-refractivity contribution < 1.29 is 4.79 Å². The molecule has 1 N–H and O–H groups in total. The molecule has 1 amide bonds. The van der Waals surface area contributed by atoms with Gasteiger partial charge in [-0.1, -0.05) is 32.0 Å². The molecule has 1 heterocycles. The summed E-state index contributed by atoms with van der Waals surface area (Å²) in [6, 6.07) is 9.94. The molecular formula is C14H20N2O. The molecule has 1 aliphatic heterocycles. The van der Waals surface area contributed by atoms with Gasteiger partial charge in [0.05, 0.1) is 0 Å². The highest BCUT2D eigenvalue weighted by molar-refractivity contribution is 5.94. The summed E-state index contributed by atoms with van der Waals surface area (Å²) in [4.78, 5) is 14.2. The molecule has 0 aliphatic carbocycles. The van der Waals surface area contributed by atoms with Crippen LogP contribution in [0.2, 0.25) is 0 Å². The lowest BCUT2D eigenvalue weighted by Crippen LogP contribution is -2.54. The molecule has 1 unspecified atom stereocenters. The van der Waals surface area contributed by atoms with E-state index in [1.54, 1.807) is 0 Å². The van der Waals surface area contributed by atoms with Crippen molar-refractivity contribution in [2.75, 3.05) is 19.6 Å². The lowest BCUT2D eigenvalue weighted by molar-refractivity contribution is 0.0684. The summed E-state index contributed by atoms with van der Waals surface area (Å²) in [7, 11) is 0. The van der Waals surface area contributed by atoms with Gasteiger partial charge < -0.3 is 10.2 Å². The van der Waals surface area contributed by atoms with Crippen LogP contribution in [0.25, 0.3) is 0 Å². The molecule has 0 spiro atoms. The van der Waals surface area contributed by atoms with Crippen LogP contribution in [-0.2, 0) is 0 Å². The van der Waals surface area contributed by atoms with Gasteiger partial charge in [-0.25, -0.2) is 0 Å². The van der Waals surface area contributed by atoms with E-state index in [1.807, 2.05) is 35.2 Å². The van der Waals surface area contributed by atoms with Crippen molar-refractivity contribution >= 4 is 5.91 Å². The first-order chi connectivity index (χ1) is 8.18. The summed E-state index contributed by atoms with van der Waals surface area (Å²) in [5.41, 5.74) is 0.789. The normalized spacial score (nSPS) is 20.6. The summed E-state index contributed by atoms with van der Waals surface area (Å²) in [5, 5.41) is 3.46. The maximum atomic E-state index is 12.3. The van der Waals surface area contributed by atoms with Crippen molar-refractivity contribution in [2.45, 2.75) is 19.9 Å². The number of benzene rings is 1. The van der Waals surface area contributed by atoms with E-state index in [2.05, 4.69) is 19.2 Å². The zero-order valence-corrected chi connectivity index (χ0v) is 10.5. The first-order valence-electron chi connectivity index (χ1n) is 6.26. The summed E-state index contributed by atoms with van der Waals surface area (Å²) >= 11 is 0. The van der Waals surface area contributed by atoms with E-state index in [9.17, 15) is 4.79 Å². The van der Waals surface area contributed by atoms with Gasteiger partial charge in [-0.05, 0) is 18.1 Å². The number of hydrogen-bond acceptors (Lipinski definition) is 2. The van der Waals surface area contributed by atoms with Gasteiger partial charge in [-0.2, -0.15) is 0 Å². The van der Waals surface area contributed by atoms with Crippen LogP contribution in [0.5, 0.6) is 0 Å². The minimum Gasteiger partial charge on any atom is -0.336 e. The second-order valence-corrected chi connectivity index (χ2v) is 4.92. The summed E-state index contributed by atoms with van der Waals surface area (Å²) in [6.45, 7) is 6.88. The molecule has 0 radical (unpaired) electrons. The molecule has 1 aromatic rings. The van der Waals surface area contributed by atoms with Gasteiger partial charge in [0.25, 0.3) is 5.91 Å². The van der Waals surface area contributed by atoms with Crippen LogP contribution in [0.4, 0.5) is 0 Å². The van der Waals surface area contributed by atoms with Gasteiger partial charge in [0.15, 0.2) is 0 Å². The Balaban J connectivity index is 2.05. The first kappa shape index (κ1) is 12.1. The van der Waals surface area contributed by atoms with Gasteiger partial charge in [0.2, 0.25) is 0 Å². The van der Waals surface area contributed by atoms with Crippen LogP contribution in [0.1, 0.15) is 24.2 Å². The van der Waals surface area contributed by atoms with Crippen molar-refractivity contribution in [3.8, 4) is 0 Å². The molecule has 3 nitrogen and oxygen atoms in total. The quantitative estimate of drug-likeness (QED) is 0.842. The van der Waals surface area contributed by atoms with Gasteiger partial charge in [-0.3, -0.25) is 4.79 Å². The fourth-order valence-corrected chi connectivity index (χ4v) is 2.17. The maximum Gasteiger partial charge on any atom is 0.253 e. The Morgan fingerprint density at radius 3 is 2.71 bits per heavy atom. The summed E-state index contributed by atoms with van der Waals surface area (Å²) in [5.74, 6) is 0.708. The van der Waals surface area contributed by atoms with E-state index in [-0.39, 0.29) is 5.91 Å². The lowest BCUT2D eigenvalue weighted by Gasteiger charge is -2.35. The van der Waals surface area contributed by atoms with E-state index in [4.69, 9.17) is 0 Å². The zero-order chi connectivity index (χ0) is 12.3. The predicted octanol–water partition coefficient (Wildman–Crippen LogP) is 1.76. The van der Waals surface area contributed by atoms with Crippen molar-refractivity contribution in [1.29, 1.82) is 0 Å². The van der Waals surface area contributed by atoms with Crippen LogP contribution >= 0.6 is 0 Å². The van der Waals surface area contributed by atoms with Gasteiger partial charge in [0, 0.05) is 31.2 Å². The van der Waals surface area contributed by atoms with Crippen LogP contribution < -0.4 is 5.32 Å². The third-order valence-corrected chi connectivity index (χ3v) is 3.32. The van der Waals surface area contributed by atoms with E-state index in [0.717, 1.165) is 25.2 Å². The topological polar surface area (TPSA) is 32.3 Å². The van der Waals surface area contributed by atoms with E-state index in [1.165, 1.54) is 0 Å². The molecule has 0 bridgehead atoms. The summed E-state index contributed by atoms with van der Waals surface area (Å²) < 4.78 is 0. The Kier molecular flexibility index (Phi) is 3.79. The third-order valence-electron chi connectivity index (χ3n) is 3.32. The van der Waals surface area contributed by atoms with Crippen molar-refractivity contribution in [3.05, 3.63) is 35.9 Å². The van der Waals surface area contributed by atoms with E-state index in [0.29, 0.717) is 12.0 Å². The second kappa shape index (κ2) is 5.32. The Morgan fingerprint density at radius 2 is 2.06 bits per heavy atom. The van der Waals surface area contributed by atoms with Crippen LogP contribution in [0.3, 0.4) is 0 Å². The average Bonchev–Trinajstić information content (AvgIpc) is 2.39. The molecule has 17 heavy (non-hydrogen) atoms. The number of carbonyl (C=O) groups is 1. The highest BCUT2D eigenvalue weighted by atomic mass is 16.2. The monoisotopic (exact) mass is 232 g/mol. The largest absolute Gasteiger partial charge is 0.336 e. The van der Waals surface area contributed by atoms with Gasteiger partial charge in [0.1, 0.15) is 0 Å². The summed E-state index contributed by atoms with van der Waals surface area (Å²) in [6.07, 6.45) is 0. The number of hydrogen-bond donors (Lipinski definition) is 1. The van der Waals surface area contributed by atoms with E-state index >= 15 is 0 Å². The van der Waals surface area contributed by atoms with E-state index < -0.39 is 0 Å². The van der Waals surface area contributed by atoms with Gasteiger partial charge >= 0.3 is 0 Å². The average molecular weight is 232 g/mol. The Labute approximate surface area is 103 Å². The SMILES string of the molecule is CC(C)C1CN(C(=O)c2ccccc2)CCN1. The smallest absolute Gasteiger partial charge is 0.253 e. The molecule has 0 saturated carbocycles. The minimum atomic E-state index is 0.151. The molecule has 1 fully saturated rings. The number of piperazine rings is 1. The lowest BCUT2D eigenvalue weighted by atomic mass is 10.0. The molecule has 92 valence electrons. The number of amides is 1. The molecule has 1 atom stereocenters. The maximum absolute atomic E-state index is 12.3. The molecule has 2 rings (SSSR count). The molecule has 0 aromatic heterocycles. The number of nitrogens with one attached hydrogen (secondary N) is 1. The first-order valence-corrected chi connectivity index (χ1v) is 6.26. The number of nitrogens with zero attached hydrogens (tertiary/aromatic N) is 1. The predicted molar refractivity (Wildman–Crippen MR) is 69.0 cm³/mol. The van der Waals surface area contributed by atoms with Gasteiger partial charge in [-0.15, -0.1) is 0 Å². The molecule has 3 heteroatoms. The van der Waals surface area contributed by atoms with Crippen molar-refractivity contribution in [2.24, 2.45) is 5.92 Å². The molecule has 1 aromatic carbocycles. The Bertz CT molecular complexity index is 375. The highest BCUT2D eigenvalue weighted by Crippen LogP contribution is 2.11. The number of rotatable bonds is 2. The fraction of sp³-hybridized carbons (Fsp3) is 0.500. The zero-order valence-electron chi connectivity index (χ0n) is 10.5. The van der Waals surface area contributed by atoms with Crippen molar-refractivity contribution in [3.63, 3.8) is 0 Å².